The van der Waals surface area contributed by atoms with Crippen molar-refractivity contribution >= 4 is 57.8 Å². The zero-order valence-corrected chi connectivity index (χ0v) is 15.3. The van der Waals surface area contributed by atoms with Gasteiger partial charge in [0.2, 0.25) is 5.91 Å². The van der Waals surface area contributed by atoms with E-state index in [1.807, 2.05) is 20.8 Å². The monoisotopic (exact) mass is 362 g/mol. The Morgan fingerprint density at radius 1 is 1.36 bits per heavy atom. The summed E-state index contributed by atoms with van der Waals surface area (Å²) in [6.07, 6.45) is 0. The number of hydrogen-bond donors (Lipinski definition) is 2. The van der Waals surface area contributed by atoms with Crippen molar-refractivity contribution in [1.29, 1.82) is 0 Å². The van der Waals surface area contributed by atoms with Crippen LogP contribution in [0.1, 0.15) is 20.8 Å². The Kier molecular flexibility index (Phi) is 6.87. The molecule has 3 N–H and O–H groups in total. The van der Waals surface area contributed by atoms with Crippen molar-refractivity contribution in [2.75, 3.05) is 23.8 Å². The number of carbonyl (C=O) groups excluding carboxylic acids is 1. The molecule has 122 valence electrons. The van der Waals surface area contributed by atoms with Gasteiger partial charge in [-0.3, -0.25) is 9.80 Å². The molecule has 0 aromatic heterocycles. The lowest BCUT2D eigenvalue weighted by atomic mass is 10.1. The molecule has 1 aromatic rings. The Morgan fingerprint density at radius 2 is 1.95 bits per heavy atom. The molecule has 5 nitrogen and oxygen atoms in total. The van der Waals surface area contributed by atoms with E-state index in [2.05, 4.69) is 5.32 Å². The van der Waals surface area contributed by atoms with Crippen LogP contribution in [0.15, 0.2) is 12.1 Å². The van der Waals surface area contributed by atoms with Crippen molar-refractivity contribution < 1.29 is 4.79 Å². The molecule has 0 spiro atoms. The minimum absolute atomic E-state index is 0.0154. The molecular weight excluding hydrogens is 343 g/mol. The van der Waals surface area contributed by atoms with Crippen molar-refractivity contribution in [2.45, 2.75) is 20.8 Å². The van der Waals surface area contributed by atoms with Crippen LogP contribution in [0.25, 0.3) is 0 Å². The average Bonchev–Trinajstić information content (AvgIpc) is 2.44. The van der Waals surface area contributed by atoms with Gasteiger partial charge in [0, 0.05) is 19.5 Å². The molecule has 0 unspecified atom stereocenters. The molecule has 0 atom stereocenters. The molecule has 0 aliphatic carbocycles. The number of halogens is 2. The van der Waals surface area contributed by atoms with Crippen LogP contribution in [0, 0.1) is 5.92 Å². The fourth-order valence-corrected chi connectivity index (χ4v) is 2.38. The highest BCUT2D eigenvalue weighted by Gasteiger charge is 2.21. The number of nitrogens with two attached hydrogens (primary N) is 1. The summed E-state index contributed by atoms with van der Waals surface area (Å²) in [5.74, 6) is 5.40. The maximum absolute atomic E-state index is 12.3. The third kappa shape index (κ3) is 4.46. The Morgan fingerprint density at radius 3 is 2.41 bits per heavy atom. The van der Waals surface area contributed by atoms with Gasteiger partial charge in [0.1, 0.15) is 0 Å². The van der Waals surface area contributed by atoms with Crippen molar-refractivity contribution in [3.05, 3.63) is 22.2 Å². The van der Waals surface area contributed by atoms with Gasteiger partial charge in [-0.25, -0.2) is 5.84 Å². The summed E-state index contributed by atoms with van der Waals surface area (Å²) in [7, 11) is 1.61. The molecule has 8 heteroatoms. The van der Waals surface area contributed by atoms with Crippen molar-refractivity contribution in [2.24, 2.45) is 11.8 Å². The summed E-state index contributed by atoms with van der Waals surface area (Å²) in [6.45, 7) is 6.07. The van der Waals surface area contributed by atoms with E-state index in [-0.39, 0.29) is 11.8 Å². The van der Waals surface area contributed by atoms with E-state index < -0.39 is 0 Å². The van der Waals surface area contributed by atoms with Crippen molar-refractivity contribution in [1.82, 2.24) is 5.01 Å². The Hall–Kier alpha value is -1.08. The van der Waals surface area contributed by atoms with E-state index in [0.29, 0.717) is 33.1 Å². The summed E-state index contributed by atoms with van der Waals surface area (Å²) in [5, 5.41) is 5.27. The first-order valence-corrected chi connectivity index (χ1v) is 7.95. The fourth-order valence-electron chi connectivity index (χ4n) is 1.80. The van der Waals surface area contributed by atoms with Crippen LogP contribution in [0.3, 0.4) is 0 Å². The quantitative estimate of drug-likeness (QED) is 0.487. The number of hydrogen-bond acceptors (Lipinski definition) is 3. The molecule has 1 amide bonds. The van der Waals surface area contributed by atoms with Crippen LogP contribution < -0.4 is 16.1 Å². The SMILES string of the molecule is CCN(C(=O)C(C)C)c1cc(Cl)c(NC(=S)N(C)N)cc1Cl. The van der Waals surface area contributed by atoms with Crippen LogP contribution >= 0.6 is 35.4 Å². The van der Waals surface area contributed by atoms with Crippen LogP contribution in [0.5, 0.6) is 0 Å². The summed E-state index contributed by atoms with van der Waals surface area (Å²) in [5.41, 5.74) is 1.11. The van der Waals surface area contributed by atoms with Gasteiger partial charge in [0.15, 0.2) is 5.11 Å². The second-order valence-corrected chi connectivity index (χ2v) is 6.26. The number of anilines is 2. The number of hydrazine groups is 1. The second kappa shape index (κ2) is 7.97. The van der Waals surface area contributed by atoms with E-state index in [9.17, 15) is 4.79 Å². The Labute approximate surface area is 146 Å². The minimum atomic E-state index is -0.133. The topological polar surface area (TPSA) is 61.6 Å². The number of amides is 1. The van der Waals surface area contributed by atoms with Gasteiger partial charge in [-0.15, -0.1) is 0 Å². The van der Waals surface area contributed by atoms with Crippen LogP contribution in [0.4, 0.5) is 11.4 Å². The lowest BCUT2D eigenvalue weighted by molar-refractivity contribution is -0.121. The highest BCUT2D eigenvalue weighted by Crippen LogP contribution is 2.35. The molecule has 0 aliphatic heterocycles. The first-order valence-electron chi connectivity index (χ1n) is 6.78. The zero-order chi connectivity index (χ0) is 17.0. The molecule has 0 fully saturated rings. The van der Waals surface area contributed by atoms with Gasteiger partial charge in [0.05, 0.1) is 21.4 Å². The van der Waals surface area contributed by atoms with E-state index in [0.717, 1.165) is 0 Å². The van der Waals surface area contributed by atoms with Crippen molar-refractivity contribution in [3.63, 3.8) is 0 Å². The van der Waals surface area contributed by atoms with Crippen molar-refractivity contribution in [3.8, 4) is 0 Å². The third-order valence-corrected chi connectivity index (χ3v) is 3.97. The number of thiocarbonyl (C=S) groups is 1. The molecule has 22 heavy (non-hydrogen) atoms. The summed E-state index contributed by atoms with van der Waals surface area (Å²) >= 11 is 17.6. The molecule has 0 saturated heterocycles. The van der Waals surface area contributed by atoms with Gasteiger partial charge < -0.3 is 10.2 Å². The predicted molar refractivity (Wildman–Crippen MR) is 97.5 cm³/mol. The number of nitrogens with zero attached hydrogens (tertiary/aromatic N) is 2. The number of rotatable bonds is 4. The molecule has 0 saturated carbocycles. The minimum Gasteiger partial charge on any atom is -0.330 e. The Bertz CT molecular complexity index is 578. The zero-order valence-electron chi connectivity index (χ0n) is 13.0. The van der Waals surface area contributed by atoms with Gasteiger partial charge in [-0.2, -0.15) is 0 Å². The maximum Gasteiger partial charge on any atom is 0.229 e. The van der Waals surface area contributed by atoms with Gasteiger partial charge >= 0.3 is 0 Å². The standard InChI is InChI=1S/C14H20Cl2N4OS/c1-5-20(13(21)8(2)3)12-7-9(15)11(6-10(12)16)18-14(22)19(4)17/h6-8H,5,17H2,1-4H3,(H,18,22). The molecule has 1 rings (SSSR count). The van der Waals surface area contributed by atoms with Gasteiger partial charge in [0.25, 0.3) is 0 Å². The molecule has 0 radical (unpaired) electrons. The smallest absolute Gasteiger partial charge is 0.229 e. The normalized spacial score (nSPS) is 10.5. The Balaban J connectivity index is 3.17. The van der Waals surface area contributed by atoms with Crippen LogP contribution in [-0.2, 0) is 4.79 Å². The van der Waals surface area contributed by atoms with Gasteiger partial charge in [-0.05, 0) is 31.3 Å². The first kappa shape index (κ1) is 19.0. The van der Waals surface area contributed by atoms with E-state index >= 15 is 0 Å². The van der Waals surface area contributed by atoms with E-state index in [1.54, 1.807) is 24.1 Å². The molecule has 1 aromatic carbocycles. The third-order valence-electron chi connectivity index (χ3n) is 2.97. The largest absolute Gasteiger partial charge is 0.330 e. The van der Waals surface area contributed by atoms with Gasteiger partial charge in [-0.1, -0.05) is 37.0 Å². The highest BCUT2D eigenvalue weighted by molar-refractivity contribution is 7.80. The molecule has 0 bridgehead atoms. The lowest BCUT2D eigenvalue weighted by Crippen LogP contribution is -2.36. The number of carbonyl (C=O) groups is 1. The lowest BCUT2D eigenvalue weighted by Gasteiger charge is -2.25. The predicted octanol–water partition coefficient (Wildman–Crippen LogP) is 3.50. The van der Waals surface area contributed by atoms with E-state index in [1.165, 1.54) is 5.01 Å². The molecule has 0 heterocycles. The maximum atomic E-state index is 12.3. The fraction of sp³-hybridized carbons (Fsp3) is 0.429. The second-order valence-electron chi connectivity index (χ2n) is 5.06. The number of benzene rings is 1. The number of nitrogens with one attached hydrogen (secondary N) is 1. The first-order chi connectivity index (χ1) is 10.2. The highest BCUT2D eigenvalue weighted by atomic mass is 35.5. The summed E-state index contributed by atoms with van der Waals surface area (Å²) < 4.78 is 0. The van der Waals surface area contributed by atoms with Crippen LogP contribution in [-0.4, -0.2) is 29.6 Å². The van der Waals surface area contributed by atoms with Crippen LogP contribution in [0.2, 0.25) is 10.0 Å². The summed E-state index contributed by atoms with van der Waals surface area (Å²) in [6, 6.07) is 3.28. The molecular formula is C14H20Cl2N4OS. The van der Waals surface area contributed by atoms with E-state index in [4.69, 9.17) is 41.3 Å². The summed E-state index contributed by atoms with van der Waals surface area (Å²) in [4.78, 5) is 13.9. The molecule has 0 aliphatic rings. The average molecular weight is 363 g/mol.